The van der Waals surface area contributed by atoms with E-state index in [9.17, 15) is 19.5 Å². The number of nitrogens with zero attached hydrogens (tertiary/aromatic N) is 2. The number of anilines is 1. The van der Waals surface area contributed by atoms with Gasteiger partial charge in [0.25, 0.3) is 5.91 Å². The van der Waals surface area contributed by atoms with E-state index in [4.69, 9.17) is 21.1 Å². The highest BCUT2D eigenvalue weighted by atomic mass is 35.5. The number of carbonyl (C=O) groups is 3. The number of aliphatic hydroxyl groups is 1. The third-order valence-electron chi connectivity index (χ3n) is 7.64. The molecule has 0 radical (unpaired) electrons. The number of para-hydroxylation sites is 1. The first-order valence-corrected chi connectivity index (χ1v) is 12.6. The maximum atomic E-state index is 14.4. The van der Waals surface area contributed by atoms with Crippen LogP contribution in [0.5, 0.6) is 0 Å². The van der Waals surface area contributed by atoms with Crippen molar-refractivity contribution in [3.63, 3.8) is 0 Å². The highest BCUT2D eigenvalue weighted by molar-refractivity contribution is 6.34. The first kappa shape index (κ1) is 25.7. The van der Waals surface area contributed by atoms with E-state index in [1.807, 2.05) is 26.0 Å². The summed E-state index contributed by atoms with van der Waals surface area (Å²) >= 11 is 6.54. The number of halogens is 1. The zero-order valence-electron chi connectivity index (χ0n) is 20.4. The number of amides is 2. The van der Waals surface area contributed by atoms with E-state index in [0.29, 0.717) is 30.0 Å². The molecule has 3 aliphatic heterocycles. The van der Waals surface area contributed by atoms with Crippen LogP contribution in [0.2, 0.25) is 5.02 Å². The van der Waals surface area contributed by atoms with Crippen LogP contribution in [0.4, 0.5) is 5.69 Å². The number of aliphatic hydroxyl groups excluding tert-OH is 1. The van der Waals surface area contributed by atoms with Crippen LogP contribution >= 0.6 is 11.6 Å². The van der Waals surface area contributed by atoms with Crippen molar-refractivity contribution in [2.24, 2.45) is 11.8 Å². The van der Waals surface area contributed by atoms with Crippen LogP contribution in [-0.2, 0) is 23.9 Å². The second-order valence-corrected chi connectivity index (χ2v) is 9.85. The van der Waals surface area contributed by atoms with Gasteiger partial charge in [0.2, 0.25) is 5.91 Å². The minimum atomic E-state index is -1.17. The molecule has 2 bridgehead atoms. The Morgan fingerprint density at radius 1 is 1.43 bits per heavy atom. The number of esters is 1. The molecule has 3 heterocycles. The fourth-order valence-corrected chi connectivity index (χ4v) is 6.54. The van der Waals surface area contributed by atoms with Crippen molar-refractivity contribution >= 4 is 35.1 Å². The summed E-state index contributed by atoms with van der Waals surface area (Å²) in [5.74, 6) is -2.81. The lowest BCUT2D eigenvalue weighted by Crippen LogP contribution is -2.59. The Kier molecular flexibility index (Phi) is 7.27. The van der Waals surface area contributed by atoms with Crippen LogP contribution < -0.4 is 4.90 Å². The summed E-state index contributed by atoms with van der Waals surface area (Å²) in [6, 6.07) is 3.77. The smallest absolute Gasteiger partial charge is 0.312 e. The Hall–Kier alpha value is -2.42. The molecule has 1 aromatic carbocycles. The largest absolute Gasteiger partial charge is 0.466 e. The fourth-order valence-electron chi connectivity index (χ4n) is 6.22. The normalized spacial score (nSPS) is 29.7. The molecule has 1 N–H and O–H groups in total. The Morgan fingerprint density at radius 3 is 2.77 bits per heavy atom. The number of benzene rings is 1. The predicted octanol–water partition coefficient (Wildman–Crippen LogP) is 2.88. The second-order valence-electron chi connectivity index (χ2n) is 9.44. The average Bonchev–Trinajstić information content (AvgIpc) is 3.47. The fraction of sp³-hybridized carbons (Fsp3) is 0.577. The van der Waals surface area contributed by atoms with Gasteiger partial charge in [-0.1, -0.05) is 36.7 Å². The zero-order chi connectivity index (χ0) is 25.5. The summed E-state index contributed by atoms with van der Waals surface area (Å²) in [4.78, 5) is 44.2. The monoisotopic (exact) mass is 504 g/mol. The van der Waals surface area contributed by atoms with Crippen molar-refractivity contribution in [2.45, 2.75) is 63.8 Å². The van der Waals surface area contributed by atoms with Crippen LogP contribution in [0.1, 0.15) is 38.7 Å². The van der Waals surface area contributed by atoms with Crippen molar-refractivity contribution in [1.29, 1.82) is 0 Å². The van der Waals surface area contributed by atoms with Crippen molar-refractivity contribution in [3.05, 3.63) is 41.4 Å². The summed E-state index contributed by atoms with van der Waals surface area (Å²) in [5, 5.41) is 10.6. The van der Waals surface area contributed by atoms with E-state index >= 15 is 0 Å². The third kappa shape index (κ3) is 3.86. The summed E-state index contributed by atoms with van der Waals surface area (Å²) in [7, 11) is 0. The number of carbonyl (C=O) groups excluding carboxylic acids is 3. The molecule has 2 amide bonds. The Morgan fingerprint density at radius 2 is 2.17 bits per heavy atom. The third-order valence-corrected chi connectivity index (χ3v) is 7.95. The van der Waals surface area contributed by atoms with E-state index in [1.54, 1.807) is 19.1 Å². The number of aryl methyl sites for hydroxylation is 1. The summed E-state index contributed by atoms with van der Waals surface area (Å²) in [5.41, 5.74) is 0.165. The minimum absolute atomic E-state index is 0.170. The molecule has 2 unspecified atom stereocenters. The van der Waals surface area contributed by atoms with Gasteiger partial charge in [0.1, 0.15) is 11.6 Å². The van der Waals surface area contributed by atoms with Gasteiger partial charge in [-0.05, 0) is 44.7 Å². The molecule has 8 nitrogen and oxygen atoms in total. The lowest BCUT2D eigenvalue weighted by atomic mass is 9.70. The summed E-state index contributed by atoms with van der Waals surface area (Å²) in [6.07, 6.45) is 2.57. The van der Waals surface area contributed by atoms with Gasteiger partial charge in [-0.15, -0.1) is 6.58 Å². The van der Waals surface area contributed by atoms with Crippen LogP contribution in [0.25, 0.3) is 0 Å². The predicted molar refractivity (Wildman–Crippen MR) is 131 cm³/mol. The Labute approximate surface area is 210 Å². The van der Waals surface area contributed by atoms with Gasteiger partial charge in [0.15, 0.2) is 0 Å². The molecule has 4 rings (SSSR count). The number of fused-ring (bicyclic) bond motifs is 1. The first-order valence-electron chi connectivity index (χ1n) is 12.2. The molecule has 0 saturated carbocycles. The van der Waals surface area contributed by atoms with Crippen LogP contribution in [0, 0.1) is 18.8 Å². The minimum Gasteiger partial charge on any atom is -0.466 e. The number of hydrogen-bond donors (Lipinski definition) is 1. The zero-order valence-corrected chi connectivity index (χ0v) is 21.2. The number of rotatable bonds is 9. The van der Waals surface area contributed by atoms with Gasteiger partial charge in [0.05, 0.1) is 47.9 Å². The maximum absolute atomic E-state index is 14.4. The molecule has 35 heavy (non-hydrogen) atoms. The Bertz CT molecular complexity index is 1010. The number of likely N-dealkylation sites (tertiary alicyclic amines) is 1. The van der Waals surface area contributed by atoms with E-state index in [0.717, 1.165) is 5.56 Å². The highest BCUT2D eigenvalue weighted by Gasteiger charge is 2.75. The van der Waals surface area contributed by atoms with Gasteiger partial charge in [-0.3, -0.25) is 14.4 Å². The molecule has 9 heteroatoms. The lowest BCUT2D eigenvalue weighted by Gasteiger charge is -2.39. The number of ether oxygens (including phenoxy) is 2. The van der Waals surface area contributed by atoms with Crippen LogP contribution in [0.15, 0.2) is 30.9 Å². The first-order chi connectivity index (χ1) is 16.8. The lowest BCUT2D eigenvalue weighted by molar-refractivity contribution is -0.155. The molecule has 0 aromatic heterocycles. The Balaban J connectivity index is 1.84. The van der Waals surface area contributed by atoms with Crippen molar-refractivity contribution in [1.82, 2.24) is 4.90 Å². The molecule has 0 aliphatic carbocycles. The van der Waals surface area contributed by atoms with Gasteiger partial charge in [-0.25, -0.2) is 0 Å². The van der Waals surface area contributed by atoms with E-state index < -0.39 is 41.6 Å². The van der Waals surface area contributed by atoms with Crippen molar-refractivity contribution in [2.75, 3.05) is 24.7 Å². The van der Waals surface area contributed by atoms with Crippen molar-refractivity contribution < 1.29 is 29.0 Å². The van der Waals surface area contributed by atoms with Gasteiger partial charge in [-0.2, -0.15) is 0 Å². The van der Waals surface area contributed by atoms with Gasteiger partial charge in [0, 0.05) is 6.54 Å². The molecule has 6 atom stereocenters. The van der Waals surface area contributed by atoms with Crippen LogP contribution in [-0.4, -0.2) is 71.3 Å². The molecule has 190 valence electrons. The average molecular weight is 505 g/mol. The number of hydrogen-bond acceptors (Lipinski definition) is 6. The van der Waals surface area contributed by atoms with Gasteiger partial charge >= 0.3 is 5.97 Å². The summed E-state index contributed by atoms with van der Waals surface area (Å²) in [6.45, 7) is 9.29. The topological polar surface area (TPSA) is 96.4 Å². The molecule has 1 spiro atoms. The molecular formula is C26H33ClN2O6. The second kappa shape index (κ2) is 9.91. The van der Waals surface area contributed by atoms with E-state index in [-0.39, 0.29) is 31.6 Å². The SMILES string of the molecule is C=CCN(C(=O)C1N([C@@H](CC)CO)C(=O)[C@@H]2[C@H](C(=O)OCC)[C@@H]3CCC12O3)c1c(C)cccc1Cl. The highest BCUT2D eigenvalue weighted by Crippen LogP contribution is 2.59. The molecule has 3 fully saturated rings. The van der Waals surface area contributed by atoms with Crippen molar-refractivity contribution in [3.8, 4) is 0 Å². The van der Waals surface area contributed by atoms with E-state index in [2.05, 4.69) is 6.58 Å². The van der Waals surface area contributed by atoms with E-state index in [1.165, 1.54) is 9.80 Å². The molecule has 3 saturated heterocycles. The maximum Gasteiger partial charge on any atom is 0.312 e. The summed E-state index contributed by atoms with van der Waals surface area (Å²) < 4.78 is 11.7. The van der Waals surface area contributed by atoms with Crippen LogP contribution in [0.3, 0.4) is 0 Å². The van der Waals surface area contributed by atoms with Gasteiger partial charge < -0.3 is 24.4 Å². The molecule has 1 aromatic rings. The molecule has 3 aliphatic rings. The quantitative estimate of drug-likeness (QED) is 0.410. The standard InChI is InChI=1S/C26H33ClN2O6/c1-5-13-28(21-15(4)9-8-10-17(21)27)24(32)22-26-12-11-18(35-26)19(25(33)34-7-3)20(26)23(31)29(22)16(6-2)14-30/h5,8-10,16,18-20,22,30H,1,6-7,11-14H2,2-4H3/t16-,18-,19+,20-,22?,26?/m0/s1. The molecular weight excluding hydrogens is 472 g/mol.